The highest BCUT2D eigenvalue weighted by Crippen LogP contribution is 2.25. The van der Waals surface area contributed by atoms with Gasteiger partial charge in [-0.25, -0.2) is 8.78 Å². The van der Waals surface area contributed by atoms with Gasteiger partial charge in [-0.15, -0.1) is 11.6 Å². The molecule has 0 fully saturated rings. The van der Waals surface area contributed by atoms with Gasteiger partial charge in [-0.3, -0.25) is 4.79 Å². The molecule has 15 heavy (non-hydrogen) atoms. The van der Waals surface area contributed by atoms with Crippen LogP contribution < -0.4 is 0 Å². The molecular weight excluding hydrogens is 289 g/mol. The molecule has 0 atom stereocenters. The third kappa shape index (κ3) is 3.54. The van der Waals surface area contributed by atoms with Crippen LogP contribution in [0.15, 0.2) is 22.7 Å². The second-order valence-corrected chi connectivity index (χ2v) is 4.23. The van der Waals surface area contributed by atoms with Crippen molar-refractivity contribution >= 4 is 33.3 Å². The topological polar surface area (TPSA) is 17.1 Å². The summed E-state index contributed by atoms with van der Waals surface area (Å²) in [5, 5.41) is 0. The summed E-state index contributed by atoms with van der Waals surface area (Å²) in [6, 6.07) is 4.01. The smallest absolute Gasteiger partial charge is 0.263 e. The molecule has 0 saturated heterocycles. The molecule has 1 nitrogen and oxygen atoms in total. The third-order valence-electron chi connectivity index (χ3n) is 1.82. The quantitative estimate of drug-likeness (QED) is 0.601. The lowest BCUT2D eigenvalue weighted by Gasteiger charge is -2.04. The van der Waals surface area contributed by atoms with E-state index in [1.54, 1.807) is 0 Å². The van der Waals surface area contributed by atoms with Gasteiger partial charge in [-0.2, -0.15) is 0 Å². The van der Waals surface area contributed by atoms with Gasteiger partial charge >= 0.3 is 0 Å². The number of ketones is 1. The van der Waals surface area contributed by atoms with Gasteiger partial charge in [0.2, 0.25) is 0 Å². The van der Waals surface area contributed by atoms with Crippen molar-refractivity contribution in [3.05, 3.63) is 33.8 Å². The Morgan fingerprint density at radius 2 is 2.07 bits per heavy atom. The van der Waals surface area contributed by atoms with E-state index >= 15 is 0 Å². The first-order chi connectivity index (χ1) is 7.04. The van der Waals surface area contributed by atoms with Crippen molar-refractivity contribution in [2.45, 2.75) is 12.8 Å². The Labute approximate surface area is 99.6 Å². The Morgan fingerprint density at radius 3 is 2.60 bits per heavy atom. The monoisotopic (exact) mass is 296 g/mol. The van der Waals surface area contributed by atoms with E-state index in [1.165, 1.54) is 18.2 Å². The van der Waals surface area contributed by atoms with E-state index in [-0.39, 0.29) is 29.2 Å². The average Bonchev–Trinajstić information content (AvgIpc) is 2.17. The summed E-state index contributed by atoms with van der Waals surface area (Å²) in [4.78, 5) is 11.4. The lowest BCUT2D eigenvalue weighted by atomic mass is 10.1. The Kier molecular flexibility index (Phi) is 4.67. The van der Waals surface area contributed by atoms with Gasteiger partial charge in [0.1, 0.15) is 0 Å². The molecule has 5 heteroatoms. The van der Waals surface area contributed by atoms with E-state index in [9.17, 15) is 13.6 Å². The molecule has 1 aromatic carbocycles. The molecule has 0 aliphatic carbocycles. The number of rotatable bonds is 4. The van der Waals surface area contributed by atoms with Crippen molar-refractivity contribution < 1.29 is 13.6 Å². The summed E-state index contributed by atoms with van der Waals surface area (Å²) in [7, 11) is 0. The molecule has 0 aliphatic rings. The summed E-state index contributed by atoms with van der Waals surface area (Å²) < 4.78 is 25.3. The number of halogens is 4. The summed E-state index contributed by atoms with van der Waals surface area (Å²) in [5.41, 5.74) is 0.0997. The molecule has 0 radical (unpaired) electrons. The molecular formula is C10H8BrClF2O. The lowest BCUT2D eigenvalue weighted by molar-refractivity contribution is 0.0988. The minimum atomic E-state index is -2.58. The van der Waals surface area contributed by atoms with Gasteiger partial charge in [0, 0.05) is 27.9 Å². The highest BCUT2D eigenvalue weighted by Gasteiger charge is 2.12. The number of hydrogen-bond acceptors (Lipinski definition) is 1. The van der Waals surface area contributed by atoms with Crippen molar-refractivity contribution in [2.75, 3.05) is 5.88 Å². The first-order valence-electron chi connectivity index (χ1n) is 4.22. The Bertz CT molecular complexity index is 368. The molecule has 82 valence electrons. The molecule has 0 amide bonds. The van der Waals surface area contributed by atoms with Crippen molar-refractivity contribution in [3.8, 4) is 0 Å². The number of Topliss-reactive ketones (excluding diaryl/α,β-unsaturated/α-hetero) is 1. The lowest BCUT2D eigenvalue weighted by Crippen LogP contribution is -2.01. The Hall–Kier alpha value is -0.480. The molecule has 0 N–H and O–H groups in total. The van der Waals surface area contributed by atoms with Gasteiger partial charge in [0.15, 0.2) is 5.78 Å². The second-order valence-electron chi connectivity index (χ2n) is 2.94. The summed E-state index contributed by atoms with van der Waals surface area (Å²) in [6.07, 6.45) is -2.43. The average molecular weight is 298 g/mol. The summed E-state index contributed by atoms with van der Waals surface area (Å²) in [5.74, 6) is -0.0387. The van der Waals surface area contributed by atoms with Crippen LogP contribution in [-0.2, 0) is 0 Å². The van der Waals surface area contributed by atoms with Gasteiger partial charge < -0.3 is 0 Å². The number of hydrogen-bond donors (Lipinski definition) is 0. The summed E-state index contributed by atoms with van der Waals surface area (Å²) in [6.45, 7) is 0. The van der Waals surface area contributed by atoms with Crippen LogP contribution in [0.25, 0.3) is 0 Å². The normalized spacial score (nSPS) is 10.7. The summed E-state index contributed by atoms with van der Waals surface area (Å²) >= 11 is 8.49. The molecule has 0 heterocycles. The maximum atomic E-state index is 12.4. The zero-order chi connectivity index (χ0) is 11.4. The molecule has 0 bridgehead atoms. The molecule has 0 aromatic heterocycles. The van der Waals surface area contributed by atoms with E-state index in [0.29, 0.717) is 4.47 Å². The van der Waals surface area contributed by atoms with Crippen LogP contribution >= 0.6 is 27.5 Å². The van der Waals surface area contributed by atoms with E-state index in [1.807, 2.05) is 0 Å². The fraction of sp³-hybridized carbons (Fsp3) is 0.300. The number of benzene rings is 1. The van der Waals surface area contributed by atoms with Gasteiger partial charge in [0.05, 0.1) is 0 Å². The van der Waals surface area contributed by atoms with E-state index in [0.717, 1.165) is 0 Å². The fourth-order valence-electron chi connectivity index (χ4n) is 1.13. The van der Waals surface area contributed by atoms with Crippen molar-refractivity contribution in [1.82, 2.24) is 0 Å². The first-order valence-corrected chi connectivity index (χ1v) is 5.55. The minimum absolute atomic E-state index is 0.153. The first kappa shape index (κ1) is 12.6. The van der Waals surface area contributed by atoms with Crippen LogP contribution in [0.5, 0.6) is 0 Å². The molecule has 0 saturated carbocycles. The van der Waals surface area contributed by atoms with Crippen LogP contribution in [0.2, 0.25) is 0 Å². The van der Waals surface area contributed by atoms with Crippen LogP contribution in [-0.4, -0.2) is 11.7 Å². The largest absolute Gasteiger partial charge is 0.294 e. The molecule has 0 unspecified atom stereocenters. The molecule has 0 aliphatic heterocycles. The van der Waals surface area contributed by atoms with Crippen LogP contribution in [0.3, 0.4) is 0 Å². The van der Waals surface area contributed by atoms with Gasteiger partial charge in [0.25, 0.3) is 6.43 Å². The molecule has 0 spiro atoms. The van der Waals surface area contributed by atoms with Crippen LogP contribution in [0.4, 0.5) is 8.78 Å². The van der Waals surface area contributed by atoms with Crippen molar-refractivity contribution in [2.24, 2.45) is 0 Å². The third-order valence-corrected chi connectivity index (χ3v) is 2.46. The molecule has 1 rings (SSSR count). The van der Waals surface area contributed by atoms with E-state index < -0.39 is 6.43 Å². The zero-order valence-electron chi connectivity index (χ0n) is 7.64. The second kappa shape index (κ2) is 5.56. The van der Waals surface area contributed by atoms with Crippen LogP contribution in [0, 0.1) is 0 Å². The fourth-order valence-corrected chi connectivity index (χ4v) is 1.81. The van der Waals surface area contributed by atoms with Crippen molar-refractivity contribution in [3.63, 3.8) is 0 Å². The Balaban J connectivity index is 3.03. The molecule has 1 aromatic rings. The number of alkyl halides is 3. The zero-order valence-corrected chi connectivity index (χ0v) is 9.99. The van der Waals surface area contributed by atoms with Crippen LogP contribution in [0.1, 0.15) is 28.8 Å². The highest BCUT2D eigenvalue weighted by molar-refractivity contribution is 9.10. The Morgan fingerprint density at radius 1 is 1.40 bits per heavy atom. The van der Waals surface area contributed by atoms with Gasteiger partial charge in [-0.1, -0.05) is 15.9 Å². The number of carbonyl (C=O) groups excluding carboxylic acids is 1. The SMILES string of the molecule is O=C(CCCl)c1cc(Br)cc(C(F)F)c1. The maximum absolute atomic E-state index is 12.4. The van der Waals surface area contributed by atoms with Crippen molar-refractivity contribution in [1.29, 1.82) is 0 Å². The van der Waals surface area contributed by atoms with E-state index in [2.05, 4.69) is 15.9 Å². The van der Waals surface area contributed by atoms with E-state index in [4.69, 9.17) is 11.6 Å². The predicted octanol–water partition coefficient (Wildman–Crippen LogP) is 4.20. The number of carbonyl (C=O) groups is 1. The minimum Gasteiger partial charge on any atom is -0.294 e. The predicted molar refractivity (Wildman–Crippen MR) is 58.8 cm³/mol. The highest BCUT2D eigenvalue weighted by atomic mass is 79.9. The van der Waals surface area contributed by atoms with Gasteiger partial charge in [-0.05, 0) is 18.2 Å². The maximum Gasteiger partial charge on any atom is 0.263 e. The standard InChI is InChI=1S/C10H8BrClF2O/c11-8-4-6(9(15)1-2-12)3-7(5-8)10(13)14/h3-5,10H,1-2H2.